The first-order valence-corrected chi connectivity index (χ1v) is 6.67. The molecule has 3 rings (SSSR count). The lowest BCUT2D eigenvalue weighted by atomic mass is 9.98. The van der Waals surface area contributed by atoms with Crippen molar-refractivity contribution in [2.45, 2.75) is 26.3 Å². The van der Waals surface area contributed by atoms with Crippen molar-refractivity contribution in [3.63, 3.8) is 0 Å². The molecule has 2 unspecified atom stereocenters. The van der Waals surface area contributed by atoms with Crippen molar-refractivity contribution >= 4 is 5.95 Å². The second kappa shape index (κ2) is 4.48. The smallest absolute Gasteiger partial charge is 0.203 e. The predicted octanol–water partition coefficient (Wildman–Crippen LogP) is 3.56. The van der Waals surface area contributed by atoms with E-state index in [4.69, 9.17) is 4.98 Å². The topological polar surface area (TPSA) is 29.9 Å². The quantitative estimate of drug-likeness (QED) is 0.871. The molecule has 2 heterocycles. The summed E-state index contributed by atoms with van der Waals surface area (Å²) in [4.78, 5) is 4.71. The molecular formula is C15H19N3. The highest BCUT2D eigenvalue weighted by Gasteiger charge is 2.25. The number of aromatic nitrogens is 2. The molecule has 0 fully saturated rings. The molecule has 3 heteroatoms. The number of fused-ring (bicyclic) bond motifs is 1. The van der Waals surface area contributed by atoms with Crippen molar-refractivity contribution in [1.29, 1.82) is 0 Å². The predicted molar refractivity (Wildman–Crippen MR) is 74.6 cm³/mol. The van der Waals surface area contributed by atoms with Crippen LogP contribution in [0.4, 0.5) is 5.95 Å². The summed E-state index contributed by atoms with van der Waals surface area (Å²) >= 11 is 0. The molecule has 1 aliphatic heterocycles. The van der Waals surface area contributed by atoms with Crippen molar-refractivity contribution in [2.75, 3.05) is 11.9 Å². The highest BCUT2D eigenvalue weighted by molar-refractivity contribution is 5.60. The molecule has 18 heavy (non-hydrogen) atoms. The Bertz CT molecular complexity index is 530. The SMILES string of the molecule is CCC1C(C)CNc2nc(-c3ccccc3)cn21. The number of hydrogen-bond donors (Lipinski definition) is 1. The number of imidazole rings is 1. The third-order valence-electron chi connectivity index (χ3n) is 3.82. The average molecular weight is 241 g/mol. The summed E-state index contributed by atoms with van der Waals surface area (Å²) < 4.78 is 2.30. The van der Waals surface area contributed by atoms with Gasteiger partial charge in [0.1, 0.15) is 0 Å². The molecule has 1 aromatic carbocycles. The van der Waals surface area contributed by atoms with E-state index in [2.05, 4.69) is 54.2 Å². The number of benzene rings is 1. The molecule has 0 bridgehead atoms. The third kappa shape index (κ3) is 1.80. The van der Waals surface area contributed by atoms with E-state index in [-0.39, 0.29) is 0 Å². The minimum Gasteiger partial charge on any atom is -0.355 e. The van der Waals surface area contributed by atoms with Crippen LogP contribution in [0.3, 0.4) is 0 Å². The highest BCUT2D eigenvalue weighted by Crippen LogP contribution is 2.32. The van der Waals surface area contributed by atoms with Gasteiger partial charge in [0.25, 0.3) is 0 Å². The zero-order chi connectivity index (χ0) is 12.5. The third-order valence-corrected chi connectivity index (χ3v) is 3.82. The summed E-state index contributed by atoms with van der Waals surface area (Å²) in [6.07, 6.45) is 3.34. The first kappa shape index (κ1) is 11.3. The molecule has 3 nitrogen and oxygen atoms in total. The van der Waals surface area contributed by atoms with Crippen LogP contribution in [0.2, 0.25) is 0 Å². The number of anilines is 1. The summed E-state index contributed by atoms with van der Waals surface area (Å²) in [5.41, 5.74) is 2.24. The van der Waals surface area contributed by atoms with Crippen LogP contribution in [0.25, 0.3) is 11.3 Å². The van der Waals surface area contributed by atoms with Crippen molar-refractivity contribution in [3.05, 3.63) is 36.5 Å². The van der Waals surface area contributed by atoms with Crippen LogP contribution in [0.5, 0.6) is 0 Å². The Morgan fingerprint density at radius 1 is 1.33 bits per heavy atom. The Balaban J connectivity index is 2.02. The van der Waals surface area contributed by atoms with Gasteiger partial charge >= 0.3 is 0 Å². The Morgan fingerprint density at radius 2 is 2.11 bits per heavy atom. The molecule has 0 spiro atoms. The zero-order valence-corrected chi connectivity index (χ0v) is 10.9. The minimum atomic E-state index is 0.561. The van der Waals surface area contributed by atoms with Gasteiger partial charge in [0.15, 0.2) is 0 Å². The average Bonchev–Trinajstić information content (AvgIpc) is 2.84. The molecule has 1 aromatic heterocycles. The summed E-state index contributed by atoms with van der Waals surface area (Å²) in [7, 11) is 0. The van der Waals surface area contributed by atoms with Crippen LogP contribution in [0, 0.1) is 5.92 Å². The van der Waals surface area contributed by atoms with Crippen LogP contribution < -0.4 is 5.32 Å². The molecule has 0 saturated heterocycles. The van der Waals surface area contributed by atoms with Crippen LogP contribution in [-0.2, 0) is 0 Å². The maximum atomic E-state index is 4.71. The maximum absolute atomic E-state index is 4.71. The fourth-order valence-electron chi connectivity index (χ4n) is 2.79. The number of nitrogens with zero attached hydrogens (tertiary/aromatic N) is 2. The molecule has 0 aliphatic carbocycles. The molecule has 2 aromatic rings. The Labute approximate surface area is 108 Å². The van der Waals surface area contributed by atoms with Crippen molar-refractivity contribution in [2.24, 2.45) is 5.92 Å². The minimum absolute atomic E-state index is 0.561. The fraction of sp³-hybridized carbons (Fsp3) is 0.400. The van der Waals surface area contributed by atoms with Gasteiger partial charge < -0.3 is 9.88 Å². The van der Waals surface area contributed by atoms with E-state index in [0.717, 1.165) is 24.6 Å². The van der Waals surface area contributed by atoms with Gasteiger partial charge in [-0.15, -0.1) is 0 Å². The van der Waals surface area contributed by atoms with Crippen LogP contribution in [-0.4, -0.2) is 16.1 Å². The summed E-state index contributed by atoms with van der Waals surface area (Å²) in [6, 6.07) is 10.9. The monoisotopic (exact) mass is 241 g/mol. The Morgan fingerprint density at radius 3 is 2.83 bits per heavy atom. The van der Waals surface area contributed by atoms with Gasteiger partial charge in [0.2, 0.25) is 5.95 Å². The lowest BCUT2D eigenvalue weighted by molar-refractivity contribution is 0.338. The lowest BCUT2D eigenvalue weighted by Crippen LogP contribution is -2.30. The van der Waals surface area contributed by atoms with Crippen LogP contribution in [0.15, 0.2) is 36.5 Å². The van der Waals surface area contributed by atoms with Crippen molar-refractivity contribution < 1.29 is 0 Å². The largest absolute Gasteiger partial charge is 0.355 e. The van der Waals surface area contributed by atoms with E-state index < -0.39 is 0 Å². The summed E-state index contributed by atoms with van der Waals surface area (Å²) in [5, 5.41) is 3.42. The van der Waals surface area contributed by atoms with E-state index in [9.17, 15) is 0 Å². The van der Waals surface area contributed by atoms with E-state index in [0.29, 0.717) is 12.0 Å². The van der Waals surface area contributed by atoms with Gasteiger partial charge in [0, 0.05) is 24.3 Å². The van der Waals surface area contributed by atoms with E-state index in [1.807, 2.05) is 6.07 Å². The van der Waals surface area contributed by atoms with Gasteiger partial charge in [-0.3, -0.25) is 0 Å². The zero-order valence-electron chi connectivity index (χ0n) is 10.9. The standard InChI is InChI=1S/C15H19N3/c1-3-14-11(2)9-16-15-17-13(10-18(14)15)12-7-5-4-6-8-12/h4-8,10-11,14H,3,9H2,1-2H3,(H,16,17). The molecule has 0 amide bonds. The number of nitrogens with one attached hydrogen (secondary N) is 1. The summed E-state index contributed by atoms with van der Waals surface area (Å²) in [5.74, 6) is 1.67. The second-order valence-electron chi connectivity index (χ2n) is 5.06. The number of rotatable bonds is 2. The molecule has 0 saturated carbocycles. The van der Waals surface area contributed by atoms with Crippen molar-refractivity contribution in [3.8, 4) is 11.3 Å². The van der Waals surface area contributed by atoms with E-state index in [1.54, 1.807) is 0 Å². The highest BCUT2D eigenvalue weighted by atomic mass is 15.2. The maximum Gasteiger partial charge on any atom is 0.203 e. The fourth-order valence-corrected chi connectivity index (χ4v) is 2.79. The van der Waals surface area contributed by atoms with Gasteiger partial charge in [-0.05, 0) is 12.3 Å². The van der Waals surface area contributed by atoms with Gasteiger partial charge in [-0.1, -0.05) is 44.2 Å². The van der Waals surface area contributed by atoms with Crippen LogP contribution in [0.1, 0.15) is 26.3 Å². The molecular weight excluding hydrogens is 222 g/mol. The first-order chi connectivity index (χ1) is 8.79. The molecule has 1 N–H and O–H groups in total. The first-order valence-electron chi connectivity index (χ1n) is 6.67. The van der Waals surface area contributed by atoms with Gasteiger partial charge in [0.05, 0.1) is 5.69 Å². The molecule has 94 valence electrons. The van der Waals surface area contributed by atoms with E-state index >= 15 is 0 Å². The molecule has 1 aliphatic rings. The van der Waals surface area contributed by atoms with Crippen molar-refractivity contribution in [1.82, 2.24) is 9.55 Å². The molecule has 2 atom stereocenters. The van der Waals surface area contributed by atoms with Crippen LogP contribution >= 0.6 is 0 Å². The Hall–Kier alpha value is -1.77. The summed E-state index contributed by atoms with van der Waals surface area (Å²) in [6.45, 7) is 5.56. The Kier molecular flexibility index (Phi) is 2.82. The van der Waals surface area contributed by atoms with E-state index in [1.165, 1.54) is 5.56 Å². The number of hydrogen-bond acceptors (Lipinski definition) is 2. The molecule has 0 radical (unpaired) electrons. The van der Waals surface area contributed by atoms with Gasteiger partial charge in [-0.25, -0.2) is 4.98 Å². The van der Waals surface area contributed by atoms with Gasteiger partial charge in [-0.2, -0.15) is 0 Å². The lowest BCUT2D eigenvalue weighted by Gasteiger charge is -2.31. The second-order valence-corrected chi connectivity index (χ2v) is 5.06. The normalized spacial score (nSPS) is 22.3.